The second kappa shape index (κ2) is 7.91. The minimum absolute atomic E-state index is 0.355. The van der Waals surface area contributed by atoms with Crippen LogP contribution in [0.15, 0.2) is 12.3 Å². The quantitative estimate of drug-likeness (QED) is 0.707. The Morgan fingerprint density at radius 3 is 2.89 bits per heavy atom. The van der Waals surface area contributed by atoms with Gasteiger partial charge in [0, 0.05) is 38.9 Å². The fourth-order valence-corrected chi connectivity index (χ4v) is 1.39. The number of rotatable bonds is 9. The molecule has 0 saturated carbocycles. The van der Waals surface area contributed by atoms with E-state index in [1.807, 2.05) is 6.92 Å². The number of methoxy groups -OCH3 is 1. The predicted octanol–water partition coefficient (Wildman–Crippen LogP) is 1.46. The highest BCUT2D eigenvalue weighted by Crippen LogP contribution is 2.12. The van der Waals surface area contributed by atoms with Crippen LogP contribution in [0.1, 0.15) is 26.7 Å². The van der Waals surface area contributed by atoms with E-state index in [-0.39, 0.29) is 0 Å². The van der Waals surface area contributed by atoms with Crippen molar-refractivity contribution in [2.45, 2.75) is 32.3 Å². The van der Waals surface area contributed by atoms with Crippen molar-refractivity contribution in [1.29, 1.82) is 0 Å². The van der Waals surface area contributed by atoms with Gasteiger partial charge < -0.3 is 19.9 Å². The first-order chi connectivity index (χ1) is 9.07. The number of aliphatic hydroxyl groups is 1. The number of ether oxygens (including phenoxy) is 2. The maximum atomic E-state index is 10.1. The van der Waals surface area contributed by atoms with Crippen LogP contribution in [0.3, 0.4) is 0 Å². The molecule has 0 spiro atoms. The van der Waals surface area contributed by atoms with Gasteiger partial charge in [-0.05, 0) is 13.3 Å². The van der Waals surface area contributed by atoms with Crippen molar-refractivity contribution < 1.29 is 14.6 Å². The molecule has 0 aromatic carbocycles. The molecule has 0 bridgehead atoms. The van der Waals surface area contributed by atoms with E-state index in [2.05, 4.69) is 15.3 Å². The minimum atomic E-state index is -0.861. The van der Waals surface area contributed by atoms with Crippen molar-refractivity contribution in [2.75, 3.05) is 32.2 Å². The Balaban J connectivity index is 2.48. The largest absolute Gasteiger partial charge is 0.478 e. The molecule has 6 heteroatoms. The Morgan fingerprint density at radius 1 is 1.42 bits per heavy atom. The van der Waals surface area contributed by atoms with Crippen molar-refractivity contribution in [2.24, 2.45) is 0 Å². The van der Waals surface area contributed by atoms with Crippen LogP contribution < -0.4 is 10.1 Å². The zero-order valence-electron chi connectivity index (χ0n) is 11.8. The average molecular weight is 269 g/mol. The van der Waals surface area contributed by atoms with Gasteiger partial charge in [0.1, 0.15) is 0 Å². The topological polar surface area (TPSA) is 76.5 Å². The SMILES string of the molecule is CCCOc1ccnc(NCC(C)(O)CCOC)n1. The highest BCUT2D eigenvalue weighted by atomic mass is 16.5. The van der Waals surface area contributed by atoms with Crippen LogP contribution in [-0.2, 0) is 4.74 Å². The van der Waals surface area contributed by atoms with E-state index >= 15 is 0 Å². The molecule has 6 nitrogen and oxygen atoms in total. The number of nitrogens with one attached hydrogen (secondary N) is 1. The third-order valence-electron chi connectivity index (χ3n) is 2.56. The lowest BCUT2D eigenvalue weighted by molar-refractivity contribution is 0.0356. The number of anilines is 1. The van der Waals surface area contributed by atoms with Crippen molar-refractivity contribution in [1.82, 2.24) is 9.97 Å². The summed E-state index contributed by atoms with van der Waals surface area (Å²) in [6, 6.07) is 1.71. The molecule has 0 fully saturated rings. The number of hydrogen-bond acceptors (Lipinski definition) is 6. The second-order valence-electron chi connectivity index (χ2n) is 4.66. The molecule has 1 aromatic rings. The van der Waals surface area contributed by atoms with Crippen LogP contribution >= 0.6 is 0 Å². The first-order valence-corrected chi connectivity index (χ1v) is 6.48. The van der Waals surface area contributed by atoms with E-state index in [4.69, 9.17) is 9.47 Å². The summed E-state index contributed by atoms with van der Waals surface area (Å²) in [5.41, 5.74) is -0.861. The van der Waals surface area contributed by atoms with E-state index < -0.39 is 5.60 Å². The summed E-state index contributed by atoms with van der Waals surface area (Å²) in [4.78, 5) is 8.29. The van der Waals surface area contributed by atoms with Gasteiger partial charge in [0.2, 0.25) is 11.8 Å². The number of hydrogen-bond donors (Lipinski definition) is 2. The van der Waals surface area contributed by atoms with E-state index in [0.717, 1.165) is 6.42 Å². The van der Waals surface area contributed by atoms with Gasteiger partial charge in [-0.1, -0.05) is 6.92 Å². The van der Waals surface area contributed by atoms with Gasteiger partial charge >= 0.3 is 0 Å². The molecule has 1 heterocycles. The Kier molecular flexibility index (Phi) is 6.52. The normalized spacial score (nSPS) is 13.9. The summed E-state index contributed by atoms with van der Waals surface area (Å²) in [5.74, 6) is 0.988. The highest BCUT2D eigenvalue weighted by molar-refractivity contribution is 5.27. The van der Waals surface area contributed by atoms with Gasteiger partial charge in [-0.2, -0.15) is 4.98 Å². The molecular formula is C13H23N3O3. The maximum Gasteiger partial charge on any atom is 0.226 e. The van der Waals surface area contributed by atoms with E-state index in [1.54, 1.807) is 26.3 Å². The highest BCUT2D eigenvalue weighted by Gasteiger charge is 2.20. The van der Waals surface area contributed by atoms with Crippen molar-refractivity contribution in [3.05, 3.63) is 12.3 Å². The van der Waals surface area contributed by atoms with Crippen LogP contribution in [0.5, 0.6) is 5.88 Å². The first-order valence-electron chi connectivity index (χ1n) is 6.48. The first kappa shape index (κ1) is 15.7. The summed E-state index contributed by atoms with van der Waals surface area (Å²) in [6.45, 7) is 5.27. The van der Waals surface area contributed by atoms with Crippen LogP contribution in [0, 0.1) is 0 Å². The van der Waals surface area contributed by atoms with Crippen LogP contribution in [-0.4, -0.2) is 47.5 Å². The summed E-state index contributed by atoms with van der Waals surface area (Å²) < 4.78 is 10.4. The second-order valence-corrected chi connectivity index (χ2v) is 4.66. The molecule has 108 valence electrons. The maximum absolute atomic E-state index is 10.1. The third-order valence-corrected chi connectivity index (χ3v) is 2.56. The molecule has 1 atom stereocenters. The minimum Gasteiger partial charge on any atom is -0.478 e. The lowest BCUT2D eigenvalue weighted by Gasteiger charge is -2.23. The summed E-state index contributed by atoms with van der Waals surface area (Å²) in [5, 5.41) is 13.1. The molecule has 0 aliphatic rings. The molecule has 0 amide bonds. The fourth-order valence-electron chi connectivity index (χ4n) is 1.39. The molecule has 2 N–H and O–H groups in total. The smallest absolute Gasteiger partial charge is 0.226 e. The molecular weight excluding hydrogens is 246 g/mol. The molecule has 0 radical (unpaired) electrons. The zero-order chi connectivity index (χ0) is 14.1. The predicted molar refractivity (Wildman–Crippen MR) is 73.4 cm³/mol. The Morgan fingerprint density at radius 2 is 2.21 bits per heavy atom. The van der Waals surface area contributed by atoms with Gasteiger partial charge in [0.25, 0.3) is 0 Å². The molecule has 1 rings (SSSR count). The standard InChI is InChI=1S/C13H23N3O3/c1-4-8-19-11-5-7-14-12(16-11)15-10-13(2,17)6-9-18-3/h5,7,17H,4,6,8-10H2,1-3H3,(H,14,15,16). The van der Waals surface area contributed by atoms with Crippen molar-refractivity contribution in [3.63, 3.8) is 0 Å². The number of aromatic nitrogens is 2. The van der Waals surface area contributed by atoms with Gasteiger partial charge in [-0.25, -0.2) is 4.98 Å². The molecule has 1 unspecified atom stereocenters. The van der Waals surface area contributed by atoms with E-state index in [1.165, 1.54) is 0 Å². The third kappa shape index (κ3) is 6.35. The fraction of sp³-hybridized carbons (Fsp3) is 0.692. The van der Waals surface area contributed by atoms with Crippen LogP contribution in [0.2, 0.25) is 0 Å². The monoisotopic (exact) mass is 269 g/mol. The average Bonchev–Trinajstić information content (AvgIpc) is 2.41. The Hall–Kier alpha value is -1.40. The molecule has 19 heavy (non-hydrogen) atoms. The summed E-state index contributed by atoms with van der Waals surface area (Å²) in [7, 11) is 1.61. The number of nitrogens with zero attached hydrogens (tertiary/aromatic N) is 2. The van der Waals surface area contributed by atoms with Gasteiger partial charge in [0.05, 0.1) is 12.2 Å². The molecule has 0 aliphatic carbocycles. The summed E-state index contributed by atoms with van der Waals surface area (Å²) in [6.07, 6.45) is 3.10. The Labute approximate surface area is 114 Å². The van der Waals surface area contributed by atoms with Crippen LogP contribution in [0.25, 0.3) is 0 Å². The van der Waals surface area contributed by atoms with Crippen molar-refractivity contribution in [3.8, 4) is 5.88 Å². The van der Waals surface area contributed by atoms with E-state index in [9.17, 15) is 5.11 Å². The lowest BCUT2D eigenvalue weighted by atomic mass is 10.0. The van der Waals surface area contributed by atoms with Gasteiger partial charge in [-0.15, -0.1) is 0 Å². The van der Waals surface area contributed by atoms with Crippen LogP contribution in [0.4, 0.5) is 5.95 Å². The van der Waals surface area contributed by atoms with Crippen molar-refractivity contribution >= 4 is 5.95 Å². The molecule has 0 aliphatic heterocycles. The zero-order valence-corrected chi connectivity index (χ0v) is 11.8. The van der Waals surface area contributed by atoms with Gasteiger partial charge in [-0.3, -0.25) is 0 Å². The summed E-state index contributed by atoms with van der Waals surface area (Å²) >= 11 is 0. The lowest BCUT2D eigenvalue weighted by Crippen LogP contribution is -2.35. The Bertz CT molecular complexity index is 372. The van der Waals surface area contributed by atoms with Gasteiger partial charge in [0.15, 0.2) is 0 Å². The van der Waals surface area contributed by atoms with E-state index in [0.29, 0.717) is 38.0 Å². The molecule has 1 aromatic heterocycles. The molecule has 0 saturated heterocycles.